The summed E-state index contributed by atoms with van der Waals surface area (Å²) in [6.07, 6.45) is 21.4. The smallest absolute Gasteiger partial charge is 0.331 e. The topological polar surface area (TPSA) is 72.8 Å². The Hall–Kier alpha value is -2.40. The summed E-state index contributed by atoms with van der Waals surface area (Å²) in [6.45, 7) is 7.61. The van der Waals surface area contributed by atoms with E-state index in [0.717, 1.165) is 38.5 Å². The number of esters is 2. The molecule has 5 nitrogen and oxygen atoms in total. The Morgan fingerprint density at radius 3 is 2.42 bits per heavy atom. The molecular formula is C28H34O5. The lowest BCUT2D eigenvalue weighted by Crippen LogP contribution is -2.51. The molecule has 7 atom stereocenters. The van der Waals surface area contributed by atoms with E-state index >= 15 is 0 Å². The number of carbonyl (C=O) groups is 2. The fourth-order valence-corrected chi connectivity index (χ4v) is 7.63. The molecule has 0 aromatic rings. The van der Waals surface area contributed by atoms with Crippen molar-refractivity contribution < 1.29 is 24.2 Å². The number of hydrogen-bond acceptors (Lipinski definition) is 5. The van der Waals surface area contributed by atoms with Crippen molar-refractivity contribution in [2.75, 3.05) is 0 Å². The third-order valence-electron chi connectivity index (χ3n) is 8.95. The van der Waals surface area contributed by atoms with E-state index < -0.39 is 11.2 Å². The lowest BCUT2D eigenvalue weighted by Gasteiger charge is -2.39. The van der Waals surface area contributed by atoms with E-state index in [9.17, 15) is 14.7 Å². The zero-order valence-corrected chi connectivity index (χ0v) is 19.2. The first kappa shape index (κ1) is 22.4. The first-order chi connectivity index (χ1) is 15.9. The van der Waals surface area contributed by atoms with Gasteiger partial charge in [-0.3, -0.25) is 4.79 Å². The molecule has 3 fully saturated rings. The van der Waals surface area contributed by atoms with Gasteiger partial charge in [-0.2, -0.15) is 0 Å². The SMILES string of the molecule is C=CC[C@@H]1CC2=CC(=O)O[C@@]23CC=CC[C@H]13.C=CC[C@@H]1C[C@]2(O)CC(=O)O[C@@]23CC=CC[C@H]13. The third-order valence-corrected chi connectivity index (χ3v) is 8.95. The fraction of sp³-hybridized carbons (Fsp3) is 0.571. The second-order valence-electron chi connectivity index (χ2n) is 10.6. The molecule has 0 unspecified atom stereocenters. The molecule has 6 aliphatic rings. The van der Waals surface area contributed by atoms with Crippen LogP contribution in [0, 0.1) is 23.7 Å². The largest absolute Gasteiger partial charge is 0.455 e. The standard InChI is InChI=1S/C14H18O3.C14H16O2/c1-2-5-10-8-13(16)9-12(15)17-14(13)7-4-3-6-11(10)14;1-2-5-10-8-11-9-13(15)16-14(11)7-4-3-6-12(10)14/h2-4,10-11,16H,1,5-9H2;2-4,9-10,12H,1,5-8H2/t10-,11-,13+,14-;10-,12-,14+/m11/s1. The molecule has 0 aromatic heterocycles. The van der Waals surface area contributed by atoms with Crippen LogP contribution in [0.25, 0.3) is 0 Å². The second-order valence-corrected chi connectivity index (χ2v) is 10.6. The van der Waals surface area contributed by atoms with Crippen molar-refractivity contribution in [3.63, 3.8) is 0 Å². The van der Waals surface area contributed by atoms with Gasteiger partial charge in [0.1, 0.15) is 16.8 Å². The van der Waals surface area contributed by atoms with Gasteiger partial charge < -0.3 is 14.6 Å². The summed E-state index contributed by atoms with van der Waals surface area (Å²) in [5.41, 5.74) is -0.655. The summed E-state index contributed by atoms with van der Waals surface area (Å²) >= 11 is 0. The van der Waals surface area contributed by atoms with Crippen LogP contribution in [-0.2, 0) is 19.1 Å². The number of allylic oxidation sites excluding steroid dienone is 4. The summed E-state index contributed by atoms with van der Waals surface area (Å²) in [7, 11) is 0. The third kappa shape index (κ3) is 3.30. The minimum absolute atomic E-state index is 0.146. The molecule has 2 heterocycles. The average Bonchev–Trinajstić information content (AvgIpc) is 3.38. The Kier molecular flexibility index (Phi) is 5.51. The predicted molar refractivity (Wildman–Crippen MR) is 125 cm³/mol. The Labute approximate surface area is 195 Å². The van der Waals surface area contributed by atoms with Crippen molar-refractivity contribution in [3.8, 4) is 0 Å². The molecule has 2 saturated carbocycles. The Bertz CT molecular complexity index is 959. The normalized spacial score (nSPS) is 43.8. The van der Waals surface area contributed by atoms with Gasteiger partial charge in [0.15, 0.2) is 0 Å². The van der Waals surface area contributed by atoms with E-state index in [0.29, 0.717) is 30.6 Å². The van der Waals surface area contributed by atoms with Gasteiger partial charge in [0.25, 0.3) is 0 Å². The van der Waals surface area contributed by atoms with Gasteiger partial charge in [0.2, 0.25) is 0 Å². The number of ether oxygens (including phenoxy) is 2. The highest BCUT2D eigenvalue weighted by Crippen LogP contribution is 2.60. The van der Waals surface area contributed by atoms with Gasteiger partial charge in [0.05, 0.1) is 6.42 Å². The molecule has 4 aliphatic carbocycles. The van der Waals surface area contributed by atoms with Crippen molar-refractivity contribution in [1.82, 2.24) is 0 Å². The molecule has 0 radical (unpaired) electrons. The van der Waals surface area contributed by atoms with Crippen molar-refractivity contribution >= 4 is 11.9 Å². The molecule has 5 heteroatoms. The van der Waals surface area contributed by atoms with E-state index in [1.807, 2.05) is 18.2 Å². The summed E-state index contributed by atoms with van der Waals surface area (Å²) in [4.78, 5) is 23.0. The number of rotatable bonds is 4. The maximum absolute atomic E-state index is 11.5. The fourth-order valence-electron chi connectivity index (χ4n) is 7.63. The predicted octanol–water partition coefficient (Wildman–Crippen LogP) is 4.74. The van der Waals surface area contributed by atoms with Crippen molar-refractivity contribution in [3.05, 3.63) is 61.3 Å². The Morgan fingerprint density at radius 1 is 0.970 bits per heavy atom. The zero-order chi connectivity index (χ0) is 23.3. The summed E-state index contributed by atoms with van der Waals surface area (Å²) in [5.74, 6) is 1.31. The van der Waals surface area contributed by atoms with Gasteiger partial charge in [-0.15, -0.1) is 13.2 Å². The van der Waals surface area contributed by atoms with Crippen LogP contribution in [0.15, 0.2) is 61.3 Å². The maximum atomic E-state index is 11.5. The molecule has 0 bridgehead atoms. The van der Waals surface area contributed by atoms with Gasteiger partial charge in [0, 0.05) is 30.8 Å². The zero-order valence-electron chi connectivity index (χ0n) is 19.2. The van der Waals surface area contributed by atoms with Crippen LogP contribution in [0.5, 0.6) is 0 Å². The van der Waals surface area contributed by atoms with Crippen LogP contribution in [0.2, 0.25) is 0 Å². The quantitative estimate of drug-likeness (QED) is 0.495. The molecule has 1 saturated heterocycles. The number of carbonyl (C=O) groups excluding carboxylic acids is 2. The molecule has 2 spiro atoms. The highest BCUT2D eigenvalue weighted by atomic mass is 16.6. The van der Waals surface area contributed by atoms with Crippen molar-refractivity contribution in [2.24, 2.45) is 23.7 Å². The molecule has 6 rings (SSSR count). The van der Waals surface area contributed by atoms with Gasteiger partial charge >= 0.3 is 11.9 Å². The lowest BCUT2D eigenvalue weighted by atomic mass is 9.73. The van der Waals surface area contributed by atoms with Gasteiger partial charge in [-0.05, 0) is 55.9 Å². The van der Waals surface area contributed by atoms with Crippen LogP contribution in [-0.4, -0.2) is 33.8 Å². The van der Waals surface area contributed by atoms with Crippen LogP contribution >= 0.6 is 0 Å². The van der Waals surface area contributed by atoms with Gasteiger partial charge in [-0.1, -0.05) is 36.5 Å². The van der Waals surface area contributed by atoms with E-state index in [4.69, 9.17) is 9.47 Å². The first-order valence-corrected chi connectivity index (χ1v) is 12.3. The molecule has 0 aromatic carbocycles. The minimum atomic E-state index is -0.951. The van der Waals surface area contributed by atoms with E-state index in [2.05, 4.69) is 31.4 Å². The molecule has 33 heavy (non-hydrogen) atoms. The monoisotopic (exact) mass is 450 g/mol. The van der Waals surface area contributed by atoms with E-state index in [1.165, 1.54) is 5.57 Å². The summed E-state index contributed by atoms with van der Waals surface area (Å²) in [5, 5.41) is 10.8. The van der Waals surface area contributed by atoms with Crippen molar-refractivity contribution in [2.45, 2.75) is 74.6 Å². The molecule has 176 valence electrons. The number of aliphatic hydroxyl groups is 1. The Morgan fingerprint density at radius 2 is 1.67 bits per heavy atom. The summed E-state index contributed by atoms with van der Waals surface area (Å²) < 4.78 is 11.2. The van der Waals surface area contributed by atoms with Crippen LogP contribution in [0.4, 0.5) is 0 Å². The molecule has 2 aliphatic heterocycles. The van der Waals surface area contributed by atoms with Crippen LogP contribution in [0.1, 0.15) is 57.8 Å². The van der Waals surface area contributed by atoms with Crippen LogP contribution < -0.4 is 0 Å². The van der Waals surface area contributed by atoms with Gasteiger partial charge in [-0.25, -0.2) is 4.79 Å². The van der Waals surface area contributed by atoms with Crippen LogP contribution in [0.3, 0.4) is 0 Å². The second kappa shape index (κ2) is 8.12. The Balaban J connectivity index is 0.000000139. The van der Waals surface area contributed by atoms with E-state index in [-0.39, 0.29) is 29.9 Å². The highest BCUT2D eigenvalue weighted by molar-refractivity contribution is 5.87. The highest BCUT2D eigenvalue weighted by Gasteiger charge is 2.69. The first-order valence-electron chi connectivity index (χ1n) is 12.3. The minimum Gasteiger partial charge on any atom is -0.455 e. The molecular weight excluding hydrogens is 416 g/mol. The van der Waals surface area contributed by atoms with Crippen molar-refractivity contribution in [1.29, 1.82) is 0 Å². The maximum Gasteiger partial charge on any atom is 0.331 e. The lowest BCUT2D eigenvalue weighted by molar-refractivity contribution is -0.162. The number of hydrogen-bond donors (Lipinski definition) is 1. The average molecular weight is 451 g/mol. The van der Waals surface area contributed by atoms with E-state index in [1.54, 1.807) is 6.08 Å². The molecule has 1 N–H and O–H groups in total. The summed E-state index contributed by atoms with van der Waals surface area (Å²) in [6, 6.07) is 0. The molecule has 0 amide bonds.